The van der Waals surface area contributed by atoms with Crippen LogP contribution in [0.5, 0.6) is 0 Å². The van der Waals surface area contributed by atoms with Gasteiger partial charge in [0.05, 0.1) is 11.0 Å². The van der Waals surface area contributed by atoms with E-state index >= 15 is 0 Å². The lowest BCUT2D eigenvalue weighted by atomic mass is 9.93. The van der Waals surface area contributed by atoms with E-state index in [9.17, 15) is 4.79 Å². The lowest BCUT2D eigenvalue weighted by molar-refractivity contribution is -0.129. The lowest BCUT2D eigenvalue weighted by Crippen LogP contribution is -2.57. The Morgan fingerprint density at radius 2 is 2.24 bits per heavy atom. The molecule has 1 aromatic rings. The normalized spacial score (nSPS) is 18.2. The van der Waals surface area contributed by atoms with E-state index < -0.39 is 0 Å². The van der Waals surface area contributed by atoms with Gasteiger partial charge in [-0.1, -0.05) is 0 Å². The maximum Gasteiger partial charge on any atom is 0.157 e. The highest BCUT2D eigenvalue weighted by Crippen LogP contribution is 2.19. The summed E-state index contributed by atoms with van der Waals surface area (Å²) in [6, 6.07) is 0. The fraction of sp³-hybridized carbons (Fsp3) is 0.667. The Morgan fingerprint density at radius 3 is 2.82 bits per heavy atom. The fourth-order valence-corrected chi connectivity index (χ4v) is 2.70. The predicted octanol–water partition coefficient (Wildman–Crippen LogP) is 0.938. The van der Waals surface area contributed by atoms with Crippen molar-refractivity contribution in [1.29, 1.82) is 0 Å². The SMILES string of the molecule is CC(C)(C(=O)Cc1cncs1)N1CCNCC1. The van der Waals surface area contributed by atoms with Gasteiger partial charge in [0.2, 0.25) is 0 Å². The first kappa shape index (κ1) is 12.7. The molecule has 0 aromatic carbocycles. The third-order valence-electron chi connectivity index (χ3n) is 3.41. The van der Waals surface area contributed by atoms with Crippen molar-refractivity contribution in [3.05, 3.63) is 16.6 Å². The number of hydrogen-bond acceptors (Lipinski definition) is 5. The molecule has 0 aliphatic carbocycles. The molecule has 0 saturated carbocycles. The van der Waals surface area contributed by atoms with Crippen LogP contribution in [0, 0.1) is 0 Å². The van der Waals surface area contributed by atoms with E-state index in [4.69, 9.17) is 0 Å². The molecule has 0 spiro atoms. The number of carbonyl (C=O) groups excluding carboxylic acids is 1. The summed E-state index contributed by atoms with van der Waals surface area (Å²) >= 11 is 1.55. The van der Waals surface area contributed by atoms with Crippen LogP contribution >= 0.6 is 11.3 Å². The number of hydrogen-bond donors (Lipinski definition) is 1. The molecule has 2 heterocycles. The van der Waals surface area contributed by atoms with Crippen LogP contribution in [0.3, 0.4) is 0 Å². The smallest absolute Gasteiger partial charge is 0.157 e. The summed E-state index contributed by atoms with van der Waals surface area (Å²) < 4.78 is 0. The van der Waals surface area contributed by atoms with Gasteiger partial charge in [-0.15, -0.1) is 11.3 Å². The lowest BCUT2D eigenvalue weighted by Gasteiger charge is -2.39. The average Bonchev–Trinajstić information content (AvgIpc) is 2.83. The van der Waals surface area contributed by atoms with Crippen molar-refractivity contribution in [2.45, 2.75) is 25.8 Å². The summed E-state index contributed by atoms with van der Waals surface area (Å²) in [6.45, 7) is 7.89. The molecule has 1 saturated heterocycles. The van der Waals surface area contributed by atoms with E-state index in [1.54, 1.807) is 23.0 Å². The summed E-state index contributed by atoms with van der Waals surface area (Å²) in [5, 5.41) is 3.31. The Labute approximate surface area is 106 Å². The topological polar surface area (TPSA) is 45.2 Å². The third-order valence-corrected chi connectivity index (χ3v) is 4.19. The molecule has 4 nitrogen and oxygen atoms in total. The van der Waals surface area contributed by atoms with Gasteiger partial charge in [0, 0.05) is 43.7 Å². The zero-order valence-electron chi connectivity index (χ0n) is 10.4. The van der Waals surface area contributed by atoms with Crippen LogP contribution in [0.25, 0.3) is 0 Å². The molecule has 1 aromatic heterocycles. The van der Waals surface area contributed by atoms with Crippen LogP contribution in [-0.2, 0) is 11.2 Å². The molecule has 1 N–H and O–H groups in total. The Bertz CT molecular complexity index is 369. The largest absolute Gasteiger partial charge is 0.314 e. The maximum absolute atomic E-state index is 12.3. The number of carbonyl (C=O) groups is 1. The van der Waals surface area contributed by atoms with Crippen LogP contribution in [0.15, 0.2) is 11.7 Å². The summed E-state index contributed by atoms with van der Waals surface area (Å²) in [5.74, 6) is 0.281. The quantitative estimate of drug-likeness (QED) is 0.867. The third kappa shape index (κ3) is 2.91. The van der Waals surface area contributed by atoms with Crippen LogP contribution in [0.4, 0.5) is 0 Å². The molecule has 94 valence electrons. The molecule has 0 bridgehead atoms. The highest BCUT2D eigenvalue weighted by atomic mass is 32.1. The predicted molar refractivity (Wildman–Crippen MR) is 69.3 cm³/mol. The maximum atomic E-state index is 12.3. The summed E-state index contributed by atoms with van der Waals surface area (Å²) in [4.78, 5) is 19.7. The standard InChI is InChI=1S/C12H19N3OS/c1-12(2,15-5-3-13-4-6-15)11(16)7-10-8-14-9-17-10/h8-9,13H,3-7H2,1-2H3. The van der Waals surface area contributed by atoms with Gasteiger partial charge in [0.1, 0.15) is 0 Å². The second-order valence-electron chi connectivity index (χ2n) is 4.86. The van der Waals surface area contributed by atoms with Gasteiger partial charge in [-0.2, -0.15) is 0 Å². The van der Waals surface area contributed by atoms with Crippen molar-refractivity contribution in [2.75, 3.05) is 26.2 Å². The first-order valence-electron chi connectivity index (χ1n) is 5.97. The number of ketones is 1. The summed E-state index contributed by atoms with van der Waals surface area (Å²) in [5.41, 5.74) is 1.41. The minimum Gasteiger partial charge on any atom is -0.314 e. The number of piperazine rings is 1. The first-order valence-corrected chi connectivity index (χ1v) is 6.85. The monoisotopic (exact) mass is 253 g/mol. The fourth-order valence-electron chi connectivity index (χ4n) is 2.10. The Balaban J connectivity index is 2.00. The van der Waals surface area contributed by atoms with Crippen LogP contribution < -0.4 is 5.32 Å². The van der Waals surface area contributed by atoms with E-state index in [2.05, 4.69) is 15.2 Å². The highest BCUT2D eigenvalue weighted by molar-refractivity contribution is 7.09. The van der Waals surface area contributed by atoms with Gasteiger partial charge >= 0.3 is 0 Å². The number of aromatic nitrogens is 1. The van der Waals surface area contributed by atoms with Crippen LogP contribution in [0.1, 0.15) is 18.7 Å². The molecule has 0 atom stereocenters. The van der Waals surface area contributed by atoms with E-state index in [0.717, 1.165) is 31.1 Å². The molecule has 0 amide bonds. The van der Waals surface area contributed by atoms with Crippen LogP contribution in [0.2, 0.25) is 0 Å². The van der Waals surface area contributed by atoms with Crippen molar-refractivity contribution in [1.82, 2.24) is 15.2 Å². The van der Waals surface area contributed by atoms with E-state index in [-0.39, 0.29) is 11.3 Å². The molecule has 0 unspecified atom stereocenters. The van der Waals surface area contributed by atoms with Gasteiger partial charge in [0.15, 0.2) is 5.78 Å². The summed E-state index contributed by atoms with van der Waals surface area (Å²) in [7, 11) is 0. The number of rotatable bonds is 4. The zero-order valence-corrected chi connectivity index (χ0v) is 11.2. The molecule has 0 radical (unpaired) electrons. The number of thiazole rings is 1. The van der Waals surface area contributed by atoms with Gasteiger partial charge in [-0.3, -0.25) is 14.7 Å². The summed E-state index contributed by atoms with van der Waals surface area (Å²) in [6.07, 6.45) is 2.29. The van der Waals surface area contributed by atoms with Gasteiger partial charge in [-0.05, 0) is 13.8 Å². The van der Waals surface area contributed by atoms with Crippen molar-refractivity contribution in [3.63, 3.8) is 0 Å². The molecule has 17 heavy (non-hydrogen) atoms. The highest BCUT2D eigenvalue weighted by Gasteiger charge is 2.34. The molecule has 1 fully saturated rings. The van der Waals surface area contributed by atoms with Crippen molar-refractivity contribution < 1.29 is 4.79 Å². The minimum absolute atomic E-state index is 0.281. The van der Waals surface area contributed by atoms with E-state index in [1.165, 1.54) is 0 Å². The number of nitrogens with one attached hydrogen (secondary N) is 1. The molecule has 1 aliphatic heterocycles. The van der Waals surface area contributed by atoms with E-state index in [0.29, 0.717) is 6.42 Å². The molecule has 5 heteroatoms. The van der Waals surface area contributed by atoms with Crippen molar-refractivity contribution in [2.24, 2.45) is 0 Å². The first-order chi connectivity index (χ1) is 8.10. The molecular weight excluding hydrogens is 234 g/mol. The van der Waals surface area contributed by atoms with Crippen LogP contribution in [-0.4, -0.2) is 47.4 Å². The minimum atomic E-state index is -0.369. The molecular formula is C12H19N3OS. The van der Waals surface area contributed by atoms with Crippen molar-refractivity contribution in [3.8, 4) is 0 Å². The van der Waals surface area contributed by atoms with Gasteiger partial charge in [-0.25, -0.2) is 0 Å². The Morgan fingerprint density at radius 1 is 1.53 bits per heavy atom. The van der Waals surface area contributed by atoms with Gasteiger partial charge < -0.3 is 5.32 Å². The number of nitrogens with zero attached hydrogens (tertiary/aromatic N) is 2. The Kier molecular flexibility index (Phi) is 3.91. The zero-order chi connectivity index (χ0) is 12.3. The molecule has 1 aliphatic rings. The second-order valence-corrected chi connectivity index (χ2v) is 5.83. The number of Topliss-reactive ketones (excluding diaryl/α,β-unsaturated/α-hetero) is 1. The Hall–Kier alpha value is -0.780. The average molecular weight is 253 g/mol. The molecule has 2 rings (SSSR count). The van der Waals surface area contributed by atoms with Gasteiger partial charge in [0.25, 0.3) is 0 Å². The van der Waals surface area contributed by atoms with E-state index in [1.807, 2.05) is 13.8 Å². The second kappa shape index (κ2) is 5.25. The van der Waals surface area contributed by atoms with Crippen molar-refractivity contribution >= 4 is 17.1 Å².